The Morgan fingerprint density at radius 3 is 2.67 bits per heavy atom. The van der Waals surface area contributed by atoms with Crippen LogP contribution in [0.5, 0.6) is 0 Å². The molecule has 2 aliphatic heterocycles. The summed E-state index contributed by atoms with van der Waals surface area (Å²) in [5.74, 6) is 0.118. The number of amides is 1. The summed E-state index contributed by atoms with van der Waals surface area (Å²) in [6, 6.07) is 8.21. The summed E-state index contributed by atoms with van der Waals surface area (Å²) in [6.07, 6.45) is 2.94. The summed E-state index contributed by atoms with van der Waals surface area (Å²) in [4.78, 5) is 27.6. The lowest BCUT2D eigenvalue weighted by molar-refractivity contribution is -0.117. The van der Waals surface area contributed by atoms with Gasteiger partial charge in [0.1, 0.15) is 0 Å². The van der Waals surface area contributed by atoms with Gasteiger partial charge in [0.05, 0.1) is 0 Å². The normalized spacial score (nSPS) is 22.1. The summed E-state index contributed by atoms with van der Waals surface area (Å²) >= 11 is 1.28. The van der Waals surface area contributed by atoms with E-state index in [1.54, 1.807) is 6.92 Å². The van der Waals surface area contributed by atoms with E-state index in [0.717, 1.165) is 18.8 Å². The highest BCUT2D eigenvalue weighted by Crippen LogP contribution is 2.31. The maximum absolute atomic E-state index is 12.2. The van der Waals surface area contributed by atoms with Gasteiger partial charge in [0.15, 0.2) is 5.12 Å². The van der Waals surface area contributed by atoms with Crippen LogP contribution in [-0.2, 0) is 9.59 Å². The third-order valence-electron chi connectivity index (χ3n) is 4.03. The topological polar surface area (TPSA) is 40.6 Å². The number of hydrogen-bond acceptors (Lipinski definition) is 4. The number of rotatable bonds is 3. The summed E-state index contributed by atoms with van der Waals surface area (Å²) in [7, 11) is 0. The molecule has 4 nitrogen and oxygen atoms in total. The van der Waals surface area contributed by atoms with Gasteiger partial charge in [-0.2, -0.15) is 0 Å². The molecule has 2 saturated heterocycles. The molecule has 0 saturated carbocycles. The highest BCUT2D eigenvalue weighted by Gasteiger charge is 2.32. The number of thioether (sulfide) groups is 1. The molecule has 1 amide bonds. The molecule has 1 aromatic rings. The summed E-state index contributed by atoms with van der Waals surface area (Å²) < 4.78 is 0. The molecular formula is C16H20N2O2S. The zero-order valence-electron chi connectivity index (χ0n) is 12.2. The van der Waals surface area contributed by atoms with Crippen molar-refractivity contribution in [2.45, 2.75) is 31.4 Å². The van der Waals surface area contributed by atoms with E-state index in [1.807, 2.05) is 17.0 Å². The lowest BCUT2D eigenvalue weighted by Crippen LogP contribution is -2.25. The molecule has 112 valence electrons. The Morgan fingerprint density at radius 2 is 1.95 bits per heavy atom. The van der Waals surface area contributed by atoms with Crippen LogP contribution >= 0.6 is 11.8 Å². The summed E-state index contributed by atoms with van der Waals surface area (Å²) in [5.41, 5.74) is 2.15. The minimum absolute atomic E-state index is 0.0838. The number of carbonyl (C=O) groups excluding carboxylic acids is 2. The first-order chi connectivity index (χ1) is 10.1. The number of carbonyl (C=O) groups is 2. The molecule has 0 radical (unpaired) electrons. The molecule has 0 bridgehead atoms. The Balaban J connectivity index is 1.75. The molecule has 0 spiro atoms. The second-order valence-corrected chi connectivity index (χ2v) is 7.13. The molecule has 1 aromatic carbocycles. The van der Waals surface area contributed by atoms with Gasteiger partial charge in [0.2, 0.25) is 5.91 Å². The molecule has 3 rings (SSSR count). The van der Waals surface area contributed by atoms with Crippen molar-refractivity contribution in [3.8, 4) is 0 Å². The first-order valence-electron chi connectivity index (χ1n) is 7.46. The van der Waals surface area contributed by atoms with Crippen LogP contribution in [0.4, 0.5) is 11.4 Å². The number of anilines is 2. The van der Waals surface area contributed by atoms with Gasteiger partial charge < -0.3 is 9.80 Å². The predicted octanol–water partition coefficient (Wildman–Crippen LogP) is 2.67. The van der Waals surface area contributed by atoms with Crippen molar-refractivity contribution >= 4 is 34.2 Å². The SMILES string of the molecule is CC(=O)SC1CC(=O)N(c2cccc(N3CCCC3)c2)C1. The second-order valence-electron chi connectivity index (χ2n) is 5.65. The fraction of sp³-hybridized carbons (Fsp3) is 0.500. The number of benzene rings is 1. The first-order valence-corrected chi connectivity index (χ1v) is 8.34. The molecule has 21 heavy (non-hydrogen) atoms. The fourth-order valence-electron chi connectivity index (χ4n) is 3.07. The smallest absolute Gasteiger partial charge is 0.228 e. The van der Waals surface area contributed by atoms with Crippen LogP contribution in [0.15, 0.2) is 24.3 Å². The molecule has 2 aliphatic rings. The minimum atomic E-state index is 0.0838. The van der Waals surface area contributed by atoms with Crippen LogP contribution in [0, 0.1) is 0 Å². The van der Waals surface area contributed by atoms with Crippen molar-refractivity contribution < 1.29 is 9.59 Å². The maximum Gasteiger partial charge on any atom is 0.228 e. The van der Waals surface area contributed by atoms with E-state index in [-0.39, 0.29) is 16.3 Å². The van der Waals surface area contributed by atoms with Gasteiger partial charge in [0, 0.05) is 49.6 Å². The van der Waals surface area contributed by atoms with E-state index >= 15 is 0 Å². The summed E-state index contributed by atoms with van der Waals surface area (Å²) in [5, 5.41) is 0.172. The Labute approximate surface area is 129 Å². The lowest BCUT2D eigenvalue weighted by Gasteiger charge is -2.22. The standard InChI is InChI=1S/C16H20N2O2S/c1-12(19)21-15-10-16(20)18(11-15)14-6-4-5-13(9-14)17-7-2-3-8-17/h4-6,9,15H,2-3,7-8,10-11H2,1H3. The van der Waals surface area contributed by atoms with E-state index in [9.17, 15) is 9.59 Å². The van der Waals surface area contributed by atoms with Crippen molar-refractivity contribution in [1.29, 1.82) is 0 Å². The summed E-state index contributed by atoms with van der Waals surface area (Å²) in [6.45, 7) is 4.39. The van der Waals surface area contributed by atoms with E-state index in [4.69, 9.17) is 0 Å². The van der Waals surface area contributed by atoms with Gasteiger partial charge in [-0.05, 0) is 31.0 Å². The van der Waals surface area contributed by atoms with Crippen LogP contribution in [0.3, 0.4) is 0 Å². The zero-order valence-corrected chi connectivity index (χ0v) is 13.1. The first kappa shape index (κ1) is 14.4. The van der Waals surface area contributed by atoms with Gasteiger partial charge in [-0.15, -0.1) is 0 Å². The van der Waals surface area contributed by atoms with Gasteiger partial charge in [-0.25, -0.2) is 0 Å². The van der Waals surface area contributed by atoms with E-state index in [0.29, 0.717) is 13.0 Å². The van der Waals surface area contributed by atoms with Crippen molar-refractivity contribution in [3.63, 3.8) is 0 Å². The minimum Gasteiger partial charge on any atom is -0.371 e. The Bertz CT molecular complexity index is 555. The molecule has 0 aliphatic carbocycles. The van der Waals surface area contributed by atoms with Gasteiger partial charge in [-0.3, -0.25) is 9.59 Å². The van der Waals surface area contributed by atoms with E-state index in [2.05, 4.69) is 17.0 Å². The van der Waals surface area contributed by atoms with Crippen LogP contribution in [0.25, 0.3) is 0 Å². The van der Waals surface area contributed by atoms with Crippen LogP contribution in [-0.4, -0.2) is 35.9 Å². The molecule has 1 atom stereocenters. The largest absolute Gasteiger partial charge is 0.371 e. The van der Waals surface area contributed by atoms with Gasteiger partial charge in [-0.1, -0.05) is 17.8 Å². The average molecular weight is 304 g/mol. The van der Waals surface area contributed by atoms with Crippen molar-refractivity contribution in [2.75, 3.05) is 29.4 Å². The molecule has 2 heterocycles. The molecule has 2 fully saturated rings. The van der Waals surface area contributed by atoms with Crippen LogP contribution in [0.2, 0.25) is 0 Å². The van der Waals surface area contributed by atoms with Crippen molar-refractivity contribution in [1.82, 2.24) is 0 Å². The quantitative estimate of drug-likeness (QED) is 0.861. The van der Waals surface area contributed by atoms with E-state index in [1.165, 1.54) is 30.3 Å². The Hall–Kier alpha value is -1.49. The zero-order chi connectivity index (χ0) is 14.8. The maximum atomic E-state index is 12.2. The van der Waals surface area contributed by atoms with Crippen molar-refractivity contribution in [3.05, 3.63) is 24.3 Å². The third kappa shape index (κ3) is 3.23. The van der Waals surface area contributed by atoms with E-state index < -0.39 is 0 Å². The third-order valence-corrected chi connectivity index (χ3v) is 5.02. The van der Waals surface area contributed by atoms with Crippen LogP contribution in [0.1, 0.15) is 26.2 Å². The molecular weight excluding hydrogens is 284 g/mol. The van der Waals surface area contributed by atoms with Crippen molar-refractivity contribution in [2.24, 2.45) is 0 Å². The number of nitrogens with zero attached hydrogens (tertiary/aromatic N) is 2. The highest BCUT2D eigenvalue weighted by atomic mass is 32.2. The highest BCUT2D eigenvalue weighted by molar-refractivity contribution is 8.14. The fourth-order valence-corrected chi connectivity index (χ4v) is 3.99. The second kappa shape index (κ2) is 6.10. The molecule has 0 aromatic heterocycles. The predicted molar refractivity (Wildman–Crippen MR) is 86.9 cm³/mol. The van der Waals surface area contributed by atoms with Gasteiger partial charge >= 0.3 is 0 Å². The molecule has 0 N–H and O–H groups in total. The number of hydrogen-bond donors (Lipinski definition) is 0. The Kier molecular flexibility index (Phi) is 4.19. The molecule has 5 heteroatoms. The van der Waals surface area contributed by atoms with Gasteiger partial charge in [0.25, 0.3) is 0 Å². The lowest BCUT2D eigenvalue weighted by atomic mass is 10.2. The monoisotopic (exact) mass is 304 g/mol. The molecule has 1 unspecified atom stereocenters. The Morgan fingerprint density at radius 1 is 1.24 bits per heavy atom. The van der Waals surface area contributed by atoms with Crippen LogP contribution < -0.4 is 9.80 Å². The average Bonchev–Trinajstić information content (AvgIpc) is 3.08.